The molecule has 2 heterocycles. The van der Waals surface area contributed by atoms with Crippen LogP contribution in [0.3, 0.4) is 0 Å². The van der Waals surface area contributed by atoms with E-state index >= 15 is 0 Å². The minimum Gasteiger partial charge on any atom is -0.370 e. The lowest BCUT2D eigenvalue weighted by Crippen LogP contribution is -2.48. The van der Waals surface area contributed by atoms with Crippen LogP contribution in [0, 0.1) is 20.8 Å². The third kappa shape index (κ3) is 3.75. The number of aryl methyl sites for hydroxylation is 3. The van der Waals surface area contributed by atoms with Gasteiger partial charge in [0, 0.05) is 38.4 Å². The molecule has 1 saturated heterocycles. The van der Waals surface area contributed by atoms with Crippen molar-refractivity contribution in [2.75, 3.05) is 26.7 Å². The van der Waals surface area contributed by atoms with Gasteiger partial charge in [-0.3, -0.25) is 9.67 Å². The van der Waals surface area contributed by atoms with Gasteiger partial charge in [0.05, 0.1) is 18.8 Å². The van der Waals surface area contributed by atoms with Crippen molar-refractivity contribution < 1.29 is 4.74 Å². The number of rotatable bonds is 3. The summed E-state index contributed by atoms with van der Waals surface area (Å²) in [6.07, 6.45) is 0.0744. The Labute approximate surface area is 155 Å². The van der Waals surface area contributed by atoms with Gasteiger partial charge in [-0.05, 0) is 31.9 Å². The summed E-state index contributed by atoms with van der Waals surface area (Å²) >= 11 is 0. The predicted octanol–water partition coefficient (Wildman–Crippen LogP) is 2.49. The van der Waals surface area contributed by atoms with E-state index in [1.54, 1.807) is 0 Å². The van der Waals surface area contributed by atoms with Crippen molar-refractivity contribution >= 4 is 5.96 Å². The van der Waals surface area contributed by atoms with Gasteiger partial charge in [-0.1, -0.05) is 24.3 Å². The molecule has 0 saturated carbocycles. The van der Waals surface area contributed by atoms with Crippen molar-refractivity contribution in [3.8, 4) is 0 Å². The van der Waals surface area contributed by atoms with Crippen LogP contribution in [0.15, 0.2) is 29.3 Å². The summed E-state index contributed by atoms with van der Waals surface area (Å²) < 4.78 is 7.96. The van der Waals surface area contributed by atoms with E-state index in [0.717, 1.165) is 31.3 Å². The number of nitrogens with zero attached hydrogens (tertiary/aromatic N) is 4. The van der Waals surface area contributed by atoms with Crippen LogP contribution in [0.2, 0.25) is 0 Å². The lowest BCUT2D eigenvalue weighted by Gasteiger charge is -2.35. The molecule has 0 amide bonds. The lowest BCUT2D eigenvalue weighted by molar-refractivity contribution is -0.00834. The molecule has 3 rings (SSSR count). The minimum atomic E-state index is 0.0744. The summed E-state index contributed by atoms with van der Waals surface area (Å²) in [5, 5.41) is 8.00. The van der Waals surface area contributed by atoms with Crippen molar-refractivity contribution in [2.24, 2.45) is 12.0 Å². The second-order valence-electron chi connectivity index (χ2n) is 6.84. The monoisotopic (exact) mass is 355 g/mol. The van der Waals surface area contributed by atoms with E-state index in [2.05, 4.69) is 65.3 Å². The Morgan fingerprint density at radius 3 is 2.73 bits per heavy atom. The van der Waals surface area contributed by atoms with E-state index in [1.165, 1.54) is 22.4 Å². The van der Waals surface area contributed by atoms with E-state index in [0.29, 0.717) is 6.61 Å². The van der Waals surface area contributed by atoms with Crippen molar-refractivity contribution in [3.63, 3.8) is 0 Å². The van der Waals surface area contributed by atoms with Crippen LogP contribution < -0.4 is 5.32 Å². The molecule has 1 aliphatic heterocycles. The molecule has 0 radical (unpaired) electrons. The lowest BCUT2D eigenvalue weighted by atomic mass is 10.0. The quantitative estimate of drug-likeness (QED) is 0.679. The van der Waals surface area contributed by atoms with Crippen molar-refractivity contribution in [2.45, 2.75) is 33.4 Å². The highest BCUT2D eigenvalue weighted by molar-refractivity contribution is 5.80. The third-order valence-corrected chi connectivity index (χ3v) is 5.20. The van der Waals surface area contributed by atoms with E-state index < -0.39 is 0 Å². The highest BCUT2D eigenvalue weighted by Gasteiger charge is 2.25. The highest BCUT2D eigenvalue weighted by atomic mass is 16.5. The Morgan fingerprint density at radius 2 is 2.08 bits per heavy atom. The summed E-state index contributed by atoms with van der Waals surface area (Å²) in [5.41, 5.74) is 6.01. The SMILES string of the molecule is CN=C(NCc1c(C)nn(C)c1C)N1CCOC(c2ccccc2C)C1. The van der Waals surface area contributed by atoms with Crippen LogP contribution in [0.25, 0.3) is 0 Å². The van der Waals surface area contributed by atoms with Gasteiger partial charge in [-0.15, -0.1) is 0 Å². The van der Waals surface area contributed by atoms with E-state index in [-0.39, 0.29) is 6.10 Å². The number of aliphatic imine (C=N–C) groups is 1. The smallest absolute Gasteiger partial charge is 0.194 e. The number of nitrogens with one attached hydrogen (secondary N) is 1. The Hall–Kier alpha value is -2.34. The number of ether oxygens (including phenoxy) is 1. The first-order valence-electron chi connectivity index (χ1n) is 9.13. The standard InChI is InChI=1S/C20H29N5O/c1-14-8-6-7-9-17(14)19-13-25(10-11-26-19)20(21-4)22-12-18-15(2)23-24(5)16(18)3/h6-9,19H,10-13H2,1-5H3,(H,21,22). The first kappa shape index (κ1) is 18.5. The molecule has 1 fully saturated rings. The molecule has 1 atom stereocenters. The predicted molar refractivity (Wildman–Crippen MR) is 104 cm³/mol. The molecular formula is C20H29N5O. The maximum absolute atomic E-state index is 6.04. The van der Waals surface area contributed by atoms with E-state index in [4.69, 9.17) is 4.74 Å². The normalized spacial score (nSPS) is 18.3. The van der Waals surface area contributed by atoms with Gasteiger partial charge < -0.3 is 15.0 Å². The summed E-state index contributed by atoms with van der Waals surface area (Å²) in [6.45, 7) is 9.36. The summed E-state index contributed by atoms with van der Waals surface area (Å²) in [4.78, 5) is 6.77. The second kappa shape index (κ2) is 7.91. The number of benzene rings is 1. The Balaban J connectivity index is 1.69. The first-order valence-corrected chi connectivity index (χ1v) is 9.13. The molecule has 1 unspecified atom stereocenters. The second-order valence-corrected chi connectivity index (χ2v) is 6.84. The molecule has 0 aliphatic carbocycles. The minimum absolute atomic E-state index is 0.0744. The van der Waals surface area contributed by atoms with Gasteiger partial charge in [0.2, 0.25) is 0 Å². The van der Waals surface area contributed by atoms with E-state index in [1.807, 2.05) is 18.8 Å². The maximum Gasteiger partial charge on any atom is 0.194 e. The van der Waals surface area contributed by atoms with Gasteiger partial charge in [0.15, 0.2) is 5.96 Å². The van der Waals surface area contributed by atoms with Crippen LogP contribution in [0.4, 0.5) is 0 Å². The molecule has 0 spiro atoms. The number of hydrogen-bond acceptors (Lipinski definition) is 3. The zero-order valence-electron chi connectivity index (χ0n) is 16.4. The Bertz CT molecular complexity index is 795. The topological polar surface area (TPSA) is 54.7 Å². The molecular weight excluding hydrogens is 326 g/mol. The van der Waals surface area contributed by atoms with Crippen LogP contribution in [-0.4, -0.2) is 47.4 Å². The molecule has 140 valence electrons. The Kier molecular flexibility index (Phi) is 5.61. The molecule has 26 heavy (non-hydrogen) atoms. The van der Waals surface area contributed by atoms with Crippen LogP contribution in [0.5, 0.6) is 0 Å². The van der Waals surface area contributed by atoms with Crippen molar-refractivity contribution in [3.05, 3.63) is 52.3 Å². The van der Waals surface area contributed by atoms with Gasteiger partial charge in [0.1, 0.15) is 6.10 Å². The third-order valence-electron chi connectivity index (χ3n) is 5.20. The van der Waals surface area contributed by atoms with E-state index in [9.17, 15) is 0 Å². The van der Waals surface area contributed by atoms with Crippen LogP contribution in [-0.2, 0) is 18.3 Å². The van der Waals surface area contributed by atoms with Gasteiger partial charge in [-0.25, -0.2) is 0 Å². The number of morpholine rings is 1. The Morgan fingerprint density at radius 1 is 1.31 bits per heavy atom. The summed E-state index contributed by atoms with van der Waals surface area (Å²) in [6, 6.07) is 8.44. The molecule has 1 N–H and O–H groups in total. The fourth-order valence-electron chi connectivity index (χ4n) is 3.55. The van der Waals surface area contributed by atoms with Crippen LogP contribution >= 0.6 is 0 Å². The zero-order valence-corrected chi connectivity index (χ0v) is 16.4. The maximum atomic E-state index is 6.04. The fourth-order valence-corrected chi connectivity index (χ4v) is 3.55. The molecule has 1 aromatic heterocycles. The summed E-state index contributed by atoms with van der Waals surface area (Å²) in [5.74, 6) is 0.912. The first-order chi connectivity index (χ1) is 12.5. The van der Waals surface area contributed by atoms with Crippen molar-refractivity contribution in [1.82, 2.24) is 20.0 Å². The molecule has 1 aliphatic rings. The zero-order chi connectivity index (χ0) is 18.7. The molecule has 6 heteroatoms. The highest BCUT2D eigenvalue weighted by Crippen LogP contribution is 2.25. The van der Waals surface area contributed by atoms with Gasteiger partial charge in [0.25, 0.3) is 0 Å². The molecule has 0 bridgehead atoms. The fraction of sp³-hybridized carbons (Fsp3) is 0.500. The molecule has 2 aromatic rings. The average Bonchev–Trinajstić information content (AvgIpc) is 2.88. The number of aromatic nitrogens is 2. The molecule has 6 nitrogen and oxygen atoms in total. The summed E-state index contributed by atoms with van der Waals surface area (Å²) in [7, 11) is 3.82. The largest absolute Gasteiger partial charge is 0.370 e. The average molecular weight is 355 g/mol. The number of hydrogen-bond donors (Lipinski definition) is 1. The number of guanidine groups is 1. The van der Waals surface area contributed by atoms with Crippen LogP contribution in [0.1, 0.15) is 34.2 Å². The van der Waals surface area contributed by atoms with Gasteiger partial charge in [-0.2, -0.15) is 5.10 Å². The van der Waals surface area contributed by atoms with Gasteiger partial charge >= 0.3 is 0 Å². The van der Waals surface area contributed by atoms with Crippen molar-refractivity contribution in [1.29, 1.82) is 0 Å². The molecule has 1 aromatic carbocycles.